The molecule has 0 atom stereocenters. The maximum atomic E-state index is 12.6. The van der Waals surface area contributed by atoms with Crippen molar-refractivity contribution in [1.82, 2.24) is 0 Å². The van der Waals surface area contributed by atoms with Gasteiger partial charge in [0.15, 0.2) is 9.84 Å². The minimum absolute atomic E-state index is 0.0694. The summed E-state index contributed by atoms with van der Waals surface area (Å²) in [6.07, 6.45) is 0. The van der Waals surface area contributed by atoms with Crippen LogP contribution in [-0.4, -0.2) is 28.6 Å². The maximum Gasteiger partial charge on any atom is 0.342 e. The number of halogens is 2. The number of methoxy groups -OCH3 is 2. The van der Waals surface area contributed by atoms with Crippen molar-refractivity contribution in [2.75, 3.05) is 14.2 Å². The number of carbonyl (C=O) groups excluding carboxylic acids is 1. The Morgan fingerprint density at radius 3 is 2.50 bits per heavy atom. The van der Waals surface area contributed by atoms with Gasteiger partial charge in [-0.25, -0.2) is 13.2 Å². The molecule has 5 nitrogen and oxygen atoms in total. The second-order valence-corrected chi connectivity index (χ2v) is 8.10. The zero-order valence-electron chi connectivity index (χ0n) is 12.9. The third-order valence-corrected chi connectivity index (χ3v) is 5.81. The quantitative estimate of drug-likeness (QED) is 0.670. The predicted molar refractivity (Wildman–Crippen MR) is 94.4 cm³/mol. The smallest absolute Gasteiger partial charge is 0.342 e. The van der Waals surface area contributed by atoms with Crippen LogP contribution in [0.4, 0.5) is 0 Å². The fourth-order valence-corrected chi connectivity index (χ4v) is 4.35. The van der Waals surface area contributed by atoms with Gasteiger partial charge >= 0.3 is 5.97 Å². The van der Waals surface area contributed by atoms with E-state index in [-0.39, 0.29) is 27.5 Å². The van der Waals surface area contributed by atoms with Crippen LogP contribution < -0.4 is 4.74 Å². The Labute approximate surface area is 153 Å². The van der Waals surface area contributed by atoms with E-state index in [4.69, 9.17) is 21.1 Å². The third-order valence-electron chi connectivity index (χ3n) is 3.29. The van der Waals surface area contributed by atoms with E-state index in [0.29, 0.717) is 9.50 Å². The number of ether oxygens (including phenoxy) is 2. The van der Waals surface area contributed by atoms with Gasteiger partial charge < -0.3 is 9.47 Å². The third kappa shape index (κ3) is 3.91. The van der Waals surface area contributed by atoms with E-state index in [1.54, 1.807) is 24.3 Å². The number of carbonyl (C=O) groups is 1. The van der Waals surface area contributed by atoms with Gasteiger partial charge in [-0.1, -0.05) is 23.7 Å². The summed E-state index contributed by atoms with van der Waals surface area (Å²) in [7, 11) is -1.09. The molecule has 128 valence electrons. The number of sulfone groups is 1. The first-order valence-electron chi connectivity index (χ1n) is 6.72. The summed E-state index contributed by atoms with van der Waals surface area (Å²) in [5.74, 6) is -0.841. The largest absolute Gasteiger partial charge is 0.495 e. The molecule has 2 aromatic rings. The first kappa shape index (κ1) is 18.8. The molecular weight excluding hydrogens is 420 g/mol. The molecule has 0 amide bonds. The molecule has 0 fully saturated rings. The predicted octanol–water partition coefficient (Wildman–Crippen LogP) is 3.87. The standard InChI is InChI=1S/C16H14BrClO5S/c1-22-15-13(17)7-6-10(14(15)16(19)23-2)9-24(20,21)12-5-3-4-11(18)8-12/h3-8H,9H2,1-2H3. The molecule has 0 unspecified atom stereocenters. The molecule has 0 aliphatic heterocycles. The van der Waals surface area contributed by atoms with Crippen LogP contribution in [0.25, 0.3) is 0 Å². The Morgan fingerprint density at radius 1 is 1.21 bits per heavy atom. The van der Waals surface area contributed by atoms with E-state index in [1.807, 2.05) is 0 Å². The van der Waals surface area contributed by atoms with Gasteiger partial charge in [0, 0.05) is 5.02 Å². The van der Waals surface area contributed by atoms with Gasteiger partial charge in [0.1, 0.15) is 11.3 Å². The van der Waals surface area contributed by atoms with Crippen molar-refractivity contribution >= 4 is 43.3 Å². The second-order valence-electron chi connectivity index (χ2n) is 4.82. The van der Waals surface area contributed by atoms with Crippen molar-refractivity contribution in [3.05, 3.63) is 57.0 Å². The summed E-state index contributed by atoms with van der Waals surface area (Å²) >= 11 is 9.14. The zero-order valence-corrected chi connectivity index (χ0v) is 16.0. The minimum Gasteiger partial charge on any atom is -0.495 e. The summed E-state index contributed by atoms with van der Waals surface area (Å²) < 4.78 is 35.8. The summed E-state index contributed by atoms with van der Waals surface area (Å²) in [5.41, 5.74) is 0.349. The molecule has 8 heteroatoms. The van der Waals surface area contributed by atoms with E-state index in [0.717, 1.165) is 0 Å². The summed E-state index contributed by atoms with van der Waals surface area (Å²) in [6, 6.07) is 9.12. The van der Waals surface area contributed by atoms with Crippen LogP contribution in [0.5, 0.6) is 5.75 Å². The maximum absolute atomic E-state index is 12.6. The molecule has 0 aliphatic carbocycles. The molecule has 0 saturated heterocycles. The van der Waals surface area contributed by atoms with E-state index < -0.39 is 15.8 Å². The van der Waals surface area contributed by atoms with Gasteiger partial charge in [-0.15, -0.1) is 0 Å². The topological polar surface area (TPSA) is 69.7 Å². The molecule has 0 aliphatic rings. The number of esters is 1. The Morgan fingerprint density at radius 2 is 1.92 bits per heavy atom. The first-order chi connectivity index (χ1) is 11.3. The van der Waals surface area contributed by atoms with Crippen molar-refractivity contribution in [2.24, 2.45) is 0 Å². The van der Waals surface area contributed by atoms with Gasteiger partial charge in [-0.05, 0) is 45.8 Å². The molecule has 0 bridgehead atoms. The van der Waals surface area contributed by atoms with Gasteiger partial charge in [0.25, 0.3) is 0 Å². The highest BCUT2D eigenvalue weighted by Gasteiger charge is 2.25. The SMILES string of the molecule is COC(=O)c1c(CS(=O)(=O)c2cccc(Cl)c2)ccc(Br)c1OC. The lowest BCUT2D eigenvalue weighted by Crippen LogP contribution is -2.13. The van der Waals surface area contributed by atoms with Gasteiger partial charge in [0.05, 0.1) is 29.3 Å². The monoisotopic (exact) mass is 432 g/mol. The van der Waals surface area contributed by atoms with Gasteiger partial charge in [-0.2, -0.15) is 0 Å². The van der Waals surface area contributed by atoms with E-state index in [9.17, 15) is 13.2 Å². The van der Waals surface area contributed by atoms with Gasteiger partial charge in [-0.3, -0.25) is 0 Å². The Hall–Kier alpha value is -1.57. The van der Waals surface area contributed by atoms with Crippen molar-refractivity contribution in [3.63, 3.8) is 0 Å². The first-order valence-corrected chi connectivity index (χ1v) is 9.54. The van der Waals surface area contributed by atoms with Crippen LogP contribution in [-0.2, 0) is 20.3 Å². The van der Waals surface area contributed by atoms with Crippen molar-refractivity contribution in [1.29, 1.82) is 0 Å². The molecule has 0 N–H and O–H groups in total. The molecule has 0 radical (unpaired) electrons. The molecule has 0 spiro atoms. The fourth-order valence-electron chi connectivity index (χ4n) is 2.19. The Bertz CT molecular complexity index is 880. The molecule has 24 heavy (non-hydrogen) atoms. The lowest BCUT2D eigenvalue weighted by molar-refractivity contribution is 0.0596. The van der Waals surface area contributed by atoms with Crippen molar-refractivity contribution in [2.45, 2.75) is 10.6 Å². The van der Waals surface area contributed by atoms with E-state index in [2.05, 4.69) is 15.9 Å². The molecule has 2 rings (SSSR count). The molecular formula is C16H14BrClO5S. The number of benzene rings is 2. The molecule has 0 saturated carbocycles. The van der Waals surface area contributed by atoms with E-state index in [1.165, 1.54) is 26.4 Å². The number of rotatable bonds is 5. The van der Waals surface area contributed by atoms with E-state index >= 15 is 0 Å². The van der Waals surface area contributed by atoms with Crippen molar-refractivity contribution in [3.8, 4) is 5.75 Å². The number of hydrogen-bond donors (Lipinski definition) is 0. The highest BCUT2D eigenvalue weighted by Crippen LogP contribution is 2.34. The van der Waals surface area contributed by atoms with Crippen LogP contribution in [0.2, 0.25) is 5.02 Å². The lowest BCUT2D eigenvalue weighted by Gasteiger charge is -2.14. The highest BCUT2D eigenvalue weighted by molar-refractivity contribution is 9.10. The normalized spacial score (nSPS) is 11.2. The average molecular weight is 434 g/mol. The second kappa shape index (κ2) is 7.55. The molecule has 0 aromatic heterocycles. The summed E-state index contributed by atoms with van der Waals surface area (Å²) in [6.45, 7) is 0. The van der Waals surface area contributed by atoms with Crippen LogP contribution in [0, 0.1) is 0 Å². The zero-order chi connectivity index (χ0) is 17.9. The fraction of sp³-hybridized carbons (Fsp3) is 0.188. The van der Waals surface area contributed by atoms with Crippen LogP contribution in [0.3, 0.4) is 0 Å². The average Bonchev–Trinajstić information content (AvgIpc) is 2.55. The lowest BCUT2D eigenvalue weighted by atomic mass is 10.1. The van der Waals surface area contributed by atoms with Crippen LogP contribution in [0.15, 0.2) is 45.8 Å². The Kier molecular flexibility index (Phi) is 5.90. The molecule has 2 aromatic carbocycles. The van der Waals surface area contributed by atoms with Crippen molar-refractivity contribution < 1.29 is 22.7 Å². The number of hydrogen-bond acceptors (Lipinski definition) is 5. The molecule has 0 heterocycles. The minimum atomic E-state index is -3.70. The summed E-state index contributed by atoms with van der Waals surface area (Å²) in [5, 5.41) is 0.317. The van der Waals surface area contributed by atoms with Crippen LogP contribution in [0.1, 0.15) is 15.9 Å². The van der Waals surface area contributed by atoms with Gasteiger partial charge in [0.2, 0.25) is 0 Å². The summed E-state index contributed by atoms with van der Waals surface area (Å²) in [4.78, 5) is 12.2. The Balaban J connectivity index is 2.55. The highest BCUT2D eigenvalue weighted by atomic mass is 79.9. The van der Waals surface area contributed by atoms with Crippen LogP contribution >= 0.6 is 27.5 Å².